The van der Waals surface area contributed by atoms with Gasteiger partial charge in [0.1, 0.15) is 0 Å². The average Bonchev–Trinajstić information content (AvgIpc) is 2.30. The first-order valence-corrected chi connectivity index (χ1v) is 14.1. The van der Waals surface area contributed by atoms with Gasteiger partial charge in [-0.3, -0.25) is 0 Å². The molecule has 0 nitrogen and oxygen atoms in total. The molecule has 0 N–H and O–H groups in total. The van der Waals surface area contributed by atoms with Crippen LogP contribution in [-0.4, -0.2) is 19.8 Å². The molecule has 0 spiro atoms. The fourth-order valence-corrected chi connectivity index (χ4v) is 11.5. The van der Waals surface area contributed by atoms with Crippen LogP contribution in [0, 0.1) is 5.92 Å². The van der Waals surface area contributed by atoms with Crippen LogP contribution < -0.4 is 0 Å². The second kappa shape index (κ2) is 13.2. The topological polar surface area (TPSA) is 0 Å². The molecule has 0 amide bonds. The van der Waals surface area contributed by atoms with E-state index < -0.39 is 19.8 Å². The SMILES string of the molecule is CCC[CH2][Sn+]([CH2]CCC)[CH2]CCCCC(C)C. The number of hydrogen-bond acceptors (Lipinski definition) is 0. The molecule has 0 fully saturated rings. The van der Waals surface area contributed by atoms with Crippen LogP contribution in [0.2, 0.25) is 13.3 Å². The van der Waals surface area contributed by atoms with Crippen molar-refractivity contribution in [2.75, 3.05) is 0 Å². The van der Waals surface area contributed by atoms with Gasteiger partial charge in [0, 0.05) is 0 Å². The molecule has 0 radical (unpaired) electrons. The Morgan fingerprint density at radius 3 is 1.71 bits per heavy atom. The quantitative estimate of drug-likeness (QED) is 0.287. The molecule has 0 aromatic heterocycles. The van der Waals surface area contributed by atoms with Gasteiger partial charge in [-0.05, 0) is 0 Å². The van der Waals surface area contributed by atoms with Crippen LogP contribution >= 0.6 is 0 Å². The summed E-state index contributed by atoms with van der Waals surface area (Å²) in [6.07, 6.45) is 11.9. The van der Waals surface area contributed by atoms with Crippen LogP contribution in [0.3, 0.4) is 0 Å². The summed E-state index contributed by atoms with van der Waals surface area (Å²) in [7, 11) is 0. The summed E-state index contributed by atoms with van der Waals surface area (Å²) in [5.41, 5.74) is 0. The Bertz CT molecular complexity index is 134. The minimum absolute atomic E-state index is 0.907. The summed E-state index contributed by atoms with van der Waals surface area (Å²) in [6.45, 7) is 9.40. The molecule has 0 aromatic rings. The monoisotopic (exact) mass is 347 g/mol. The molecule has 0 atom stereocenters. The molecule has 0 saturated carbocycles. The van der Waals surface area contributed by atoms with Crippen molar-refractivity contribution in [3.05, 3.63) is 0 Å². The van der Waals surface area contributed by atoms with Crippen LogP contribution in [-0.2, 0) is 0 Å². The fourth-order valence-electron chi connectivity index (χ4n) is 2.33. The maximum absolute atomic E-state index is 2.35. The summed E-state index contributed by atoms with van der Waals surface area (Å²) in [6, 6.07) is 0. The summed E-state index contributed by atoms with van der Waals surface area (Å²) in [4.78, 5) is 0. The van der Waals surface area contributed by atoms with E-state index in [1.807, 2.05) is 0 Å². The summed E-state index contributed by atoms with van der Waals surface area (Å²) in [5, 5.41) is 0. The average molecular weight is 346 g/mol. The molecule has 0 rings (SSSR count). The molecule has 0 heterocycles. The van der Waals surface area contributed by atoms with Gasteiger partial charge in [-0.15, -0.1) is 0 Å². The second-order valence-electron chi connectivity index (χ2n) is 5.95. The Labute approximate surface area is 118 Å². The maximum atomic E-state index is 2.35. The van der Waals surface area contributed by atoms with E-state index in [0.717, 1.165) is 5.92 Å². The third-order valence-electron chi connectivity index (χ3n) is 3.58. The van der Waals surface area contributed by atoms with Crippen molar-refractivity contribution in [2.24, 2.45) is 5.92 Å². The molecule has 1 heteroatoms. The Morgan fingerprint density at radius 2 is 1.24 bits per heavy atom. The molecule has 17 heavy (non-hydrogen) atoms. The van der Waals surface area contributed by atoms with E-state index in [4.69, 9.17) is 0 Å². The number of unbranched alkanes of at least 4 members (excludes halogenated alkanes) is 4. The Hall–Kier alpha value is 0.799. The van der Waals surface area contributed by atoms with Gasteiger partial charge in [0.05, 0.1) is 0 Å². The predicted octanol–water partition coefficient (Wildman–Crippen LogP) is 6.30. The first-order valence-electron chi connectivity index (χ1n) is 8.04. The molecule has 0 bridgehead atoms. The van der Waals surface area contributed by atoms with E-state index in [1.54, 1.807) is 19.7 Å². The van der Waals surface area contributed by atoms with Gasteiger partial charge in [-0.25, -0.2) is 0 Å². The van der Waals surface area contributed by atoms with E-state index in [2.05, 4.69) is 27.7 Å². The van der Waals surface area contributed by atoms with Crippen molar-refractivity contribution in [2.45, 2.75) is 92.4 Å². The molecule has 0 saturated heterocycles. The number of hydrogen-bond donors (Lipinski definition) is 0. The summed E-state index contributed by atoms with van der Waals surface area (Å²) >= 11 is -0.907. The van der Waals surface area contributed by atoms with Gasteiger partial charge in [-0.2, -0.15) is 0 Å². The van der Waals surface area contributed by atoms with E-state index in [-0.39, 0.29) is 0 Å². The van der Waals surface area contributed by atoms with E-state index in [0.29, 0.717) is 0 Å². The zero-order valence-corrected chi connectivity index (χ0v) is 15.7. The van der Waals surface area contributed by atoms with Gasteiger partial charge in [0.2, 0.25) is 0 Å². The van der Waals surface area contributed by atoms with Gasteiger partial charge >= 0.3 is 118 Å². The first kappa shape index (κ1) is 17.8. The van der Waals surface area contributed by atoms with Crippen LogP contribution in [0.5, 0.6) is 0 Å². The molecular formula is C16H35Sn+. The van der Waals surface area contributed by atoms with Crippen molar-refractivity contribution < 1.29 is 0 Å². The van der Waals surface area contributed by atoms with Crippen molar-refractivity contribution in [1.82, 2.24) is 0 Å². The molecule has 0 aliphatic carbocycles. The minimum atomic E-state index is -0.907. The van der Waals surface area contributed by atoms with Crippen molar-refractivity contribution in [3.63, 3.8) is 0 Å². The van der Waals surface area contributed by atoms with Gasteiger partial charge in [0.25, 0.3) is 0 Å². The Morgan fingerprint density at radius 1 is 0.706 bits per heavy atom. The van der Waals surface area contributed by atoms with Crippen LogP contribution in [0.4, 0.5) is 0 Å². The third kappa shape index (κ3) is 13.0. The van der Waals surface area contributed by atoms with Crippen LogP contribution in [0.1, 0.15) is 79.1 Å². The van der Waals surface area contributed by atoms with Crippen molar-refractivity contribution >= 4 is 19.8 Å². The Balaban J connectivity index is 3.52. The van der Waals surface area contributed by atoms with E-state index >= 15 is 0 Å². The molecule has 0 aliphatic heterocycles. The molecule has 102 valence electrons. The zero-order chi connectivity index (χ0) is 12.9. The predicted molar refractivity (Wildman–Crippen MR) is 83.3 cm³/mol. The molecule has 0 aromatic carbocycles. The van der Waals surface area contributed by atoms with E-state index in [1.165, 1.54) is 44.9 Å². The third-order valence-corrected chi connectivity index (χ3v) is 12.7. The normalized spacial score (nSPS) is 11.1. The fraction of sp³-hybridized carbons (Fsp3) is 1.00. The molecule has 0 unspecified atom stereocenters. The second-order valence-corrected chi connectivity index (χ2v) is 14.5. The number of rotatable bonds is 12. The standard InChI is InChI=1S/C8H17.2C4H9.Sn/c1-4-5-6-7-8(2)3;2*1-3-4-2;/h8H,1,4-7H2,2-3H3;2*1,3-4H2,2H3;/q;;;+1. The summed E-state index contributed by atoms with van der Waals surface area (Å²) in [5.74, 6) is 0.910. The molecule has 0 aliphatic rings. The van der Waals surface area contributed by atoms with Crippen molar-refractivity contribution in [3.8, 4) is 0 Å². The zero-order valence-electron chi connectivity index (χ0n) is 12.9. The molecular weight excluding hydrogens is 311 g/mol. The van der Waals surface area contributed by atoms with E-state index in [9.17, 15) is 0 Å². The van der Waals surface area contributed by atoms with Gasteiger partial charge < -0.3 is 0 Å². The van der Waals surface area contributed by atoms with Gasteiger partial charge in [0.15, 0.2) is 0 Å². The van der Waals surface area contributed by atoms with Gasteiger partial charge in [-0.1, -0.05) is 0 Å². The first-order chi connectivity index (χ1) is 8.20. The van der Waals surface area contributed by atoms with Crippen LogP contribution in [0.25, 0.3) is 0 Å². The Kier molecular flexibility index (Phi) is 13.9. The van der Waals surface area contributed by atoms with Crippen LogP contribution in [0.15, 0.2) is 0 Å². The van der Waals surface area contributed by atoms with Crippen molar-refractivity contribution in [1.29, 1.82) is 0 Å². The summed E-state index contributed by atoms with van der Waals surface area (Å²) < 4.78 is 5.06.